The van der Waals surface area contributed by atoms with Gasteiger partial charge in [0.2, 0.25) is 0 Å². The first kappa shape index (κ1) is 13.8. The predicted molar refractivity (Wildman–Crippen MR) is 70.8 cm³/mol. The van der Waals surface area contributed by atoms with Gasteiger partial charge in [0, 0.05) is 6.42 Å². The molecule has 94 valence electrons. The van der Waals surface area contributed by atoms with Gasteiger partial charge in [-0.05, 0) is 50.3 Å². The summed E-state index contributed by atoms with van der Waals surface area (Å²) in [4.78, 5) is 10.6. The number of aryl methyl sites for hydroxylation is 1. The van der Waals surface area contributed by atoms with Crippen LogP contribution in [-0.4, -0.2) is 12.4 Å². The Labute approximate surface area is 104 Å². The molecule has 0 fully saturated rings. The highest BCUT2D eigenvalue weighted by Crippen LogP contribution is 2.33. The number of carbonyl (C=O) groups is 1. The van der Waals surface area contributed by atoms with Crippen LogP contribution in [0.5, 0.6) is 5.75 Å². The third-order valence-corrected chi connectivity index (χ3v) is 3.04. The molecule has 1 aromatic carbocycles. The molecule has 0 aromatic heterocycles. The average Bonchev–Trinajstić information content (AvgIpc) is 2.24. The zero-order chi connectivity index (χ0) is 13.0. The van der Waals surface area contributed by atoms with Crippen LogP contribution < -0.4 is 4.74 Å². The number of rotatable bonds is 5. The minimum absolute atomic E-state index is 0.151. The van der Waals surface area contributed by atoms with Gasteiger partial charge < -0.3 is 9.53 Å². The van der Waals surface area contributed by atoms with Crippen molar-refractivity contribution in [1.82, 2.24) is 0 Å². The Bertz CT molecular complexity index is 394. The summed E-state index contributed by atoms with van der Waals surface area (Å²) < 4.78 is 5.91. The third kappa shape index (κ3) is 3.32. The highest BCUT2D eigenvalue weighted by molar-refractivity contribution is 5.54. The van der Waals surface area contributed by atoms with Crippen LogP contribution in [-0.2, 0) is 4.79 Å². The smallest absolute Gasteiger partial charge is 0.126 e. The summed E-state index contributed by atoms with van der Waals surface area (Å²) in [5.41, 5.74) is 3.53. The second-order valence-corrected chi connectivity index (χ2v) is 4.90. The molecule has 0 aliphatic carbocycles. The van der Waals surface area contributed by atoms with Crippen molar-refractivity contribution in [2.75, 3.05) is 0 Å². The van der Waals surface area contributed by atoms with Crippen molar-refractivity contribution in [3.63, 3.8) is 0 Å². The van der Waals surface area contributed by atoms with E-state index in [-0.39, 0.29) is 12.0 Å². The van der Waals surface area contributed by atoms with Gasteiger partial charge in [-0.15, -0.1) is 0 Å². The average molecular weight is 234 g/mol. The van der Waals surface area contributed by atoms with Crippen LogP contribution in [0.1, 0.15) is 49.8 Å². The first-order valence-electron chi connectivity index (χ1n) is 6.17. The molecule has 1 atom stereocenters. The van der Waals surface area contributed by atoms with Crippen molar-refractivity contribution < 1.29 is 9.53 Å². The van der Waals surface area contributed by atoms with E-state index in [0.29, 0.717) is 6.42 Å². The molecule has 2 heteroatoms. The van der Waals surface area contributed by atoms with Gasteiger partial charge in [0.05, 0.1) is 6.10 Å². The van der Waals surface area contributed by atoms with Crippen LogP contribution in [0.3, 0.4) is 0 Å². The second kappa shape index (κ2) is 5.85. The van der Waals surface area contributed by atoms with Crippen LogP contribution >= 0.6 is 0 Å². The molecule has 0 heterocycles. The summed E-state index contributed by atoms with van der Waals surface area (Å²) >= 11 is 0. The number of hydrogen-bond acceptors (Lipinski definition) is 2. The van der Waals surface area contributed by atoms with E-state index in [1.54, 1.807) is 0 Å². The summed E-state index contributed by atoms with van der Waals surface area (Å²) in [5, 5.41) is 0. The van der Waals surface area contributed by atoms with Crippen molar-refractivity contribution in [3.05, 3.63) is 28.8 Å². The molecule has 0 aliphatic rings. The van der Waals surface area contributed by atoms with E-state index < -0.39 is 0 Å². The summed E-state index contributed by atoms with van der Waals surface area (Å²) in [5.74, 6) is 1.16. The summed E-state index contributed by atoms with van der Waals surface area (Å²) in [6, 6.07) is 4.17. The lowest BCUT2D eigenvalue weighted by Gasteiger charge is -2.21. The maximum atomic E-state index is 10.6. The van der Waals surface area contributed by atoms with Gasteiger partial charge in [-0.2, -0.15) is 0 Å². The molecule has 0 radical (unpaired) electrons. The molecule has 0 N–H and O–H groups in total. The standard InChI is InChI=1S/C15H22O2/c1-10(2)17-15-13(5)11(3)6-7-14(15)12(4)8-9-16/h6-7,9-10,12H,8H2,1-5H3. The molecule has 0 saturated carbocycles. The molecule has 1 rings (SSSR count). The first-order valence-corrected chi connectivity index (χ1v) is 6.17. The molecule has 0 amide bonds. The van der Waals surface area contributed by atoms with Crippen LogP contribution in [0.2, 0.25) is 0 Å². The molecule has 0 bridgehead atoms. The lowest BCUT2D eigenvalue weighted by atomic mass is 9.93. The Morgan fingerprint density at radius 2 is 1.88 bits per heavy atom. The van der Waals surface area contributed by atoms with E-state index in [2.05, 4.69) is 32.9 Å². The lowest BCUT2D eigenvalue weighted by Crippen LogP contribution is -2.11. The fourth-order valence-corrected chi connectivity index (χ4v) is 1.86. The zero-order valence-corrected chi connectivity index (χ0v) is 11.4. The van der Waals surface area contributed by atoms with E-state index in [1.165, 1.54) is 11.1 Å². The van der Waals surface area contributed by atoms with Crippen molar-refractivity contribution in [2.24, 2.45) is 0 Å². The molecule has 1 aromatic rings. The van der Waals surface area contributed by atoms with E-state index in [0.717, 1.165) is 17.6 Å². The van der Waals surface area contributed by atoms with Gasteiger partial charge in [0.1, 0.15) is 12.0 Å². The Hall–Kier alpha value is -1.31. The van der Waals surface area contributed by atoms with Gasteiger partial charge in [0.15, 0.2) is 0 Å². The first-order chi connectivity index (χ1) is 7.97. The van der Waals surface area contributed by atoms with E-state index in [9.17, 15) is 4.79 Å². The molecule has 2 nitrogen and oxygen atoms in total. The highest BCUT2D eigenvalue weighted by atomic mass is 16.5. The topological polar surface area (TPSA) is 26.3 Å². The molecule has 17 heavy (non-hydrogen) atoms. The van der Waals surface area contributed by atoms with Crippen LogP contribution in [0.15, 0.2) is 12.1 Å². The molecule has 1 unspecified atom stereocenters. The Balaban J connectivity index is 3.19. The van der Waals surface area contributed by atoms with Crippen LogP contribution in [0, 0.1) is 13.8 Å². The minimum Gasteiger partial charge on any atom is -0.490 e. The van der Waals surface area contributed by atoms with E-state index in [4.69, 9.17) is 4.74 Å². The van der Waals surface area contributed by atoms with Gasteiger partial charge in [-0.1, -0.05) is 19.1 Å². The maximum absolute atomic E-state index is 10.6. The van der Waals surface area contributed by atoms with Gasteiger partial charge in [0.25, 0.3) is 0 Å². The number of ether oxygens (including phenoxy) is 1. The molecular weight excluding hydrogens is 212 g/mol. The predicted octanol–water partition coefficient (Wildman–Crippen LogP) is 3.78. The third-order valence-electron chi connectivity index (χ3n) is 3.04. The van der Waals surface area contributed by atoms with Crippen molar-refractivity contribution in [1.29, 1.82) is 0 Å². The summed E-state index contributed by atoms with van der Waals surface area (Å²) in [6.07, 6.45) is 1.66. The molecular formula is C15H22O2. The minimum atomic E-state index is 0.151. The molecule has 0 aliphatic heterocycles. The SMILES string of the molecule is Cc1ccc(C(C)CC=O)c(OC(C)C)c1C. The van der Waals surface area contributed by atoms with E-state index >= 15 is 0 Å². The monoisotopic (exact) mass is 234 g/mol. The number of aldehydes is 1. The zero-order valence-electron chi connectivity index (χ0n) is 11.4. The van der Waals surface area contributed by atoms with Crippen LogP contribution in [0.4, 0.5) is 0 Å². The van der Waals surface area contributed by atoms with Crippen LogP contribution in [0.25, 0.3) is 0 Å². The number of carbonyl (C=O) groups excluding carboxylic acids is 1. The van der Waals surface area contributed by atoms with Gasteiger partial charge in [-0.3, -0.25) is 0 Å². The Morgan fingerprint density at radius 3 is 2.41 bits per heavy atom. The lowest BCUT2D eigenvalue weighted by molar-refractivity contribution is -0.108. The Morgan fingerprint density at radius 1 is 1.24 bits per heavy atom. The second-order valence-electron chi connectivity index (χ2n) is 4.90. The molecule has 0 spiro atoms. The largest absolute Gasteiger partial charge is 0.490 e. The van der Waals surface area contributed by atoms with Gasteiger partial charge in [-0.25, -0.2) is 0 Å². The van der Waals surface area contributed by atoms with Crippen molar-refractivity contribution >= 4 is 6.29 Å². The van der Waals surface area contributed by atoms with Crippen molar-refractivity contribution in [2.45, 2.75) is 53.1 Å². The fourth-order valence-electron chi connectivity index (χ4n) is 1.86. The van der Waals surface area contributed by atoms with Gasteiger partial charge >= 0.3 is 0 Å². The van der Waals surface area contributed by atoms with E-state index in [1.807, 2.05) is 13.8 Å². The summed E-state index contributed by atoms with van der Waals surface area (Å²) in [7, 11) is 0. The fraction of sp³-hybridized carbons (Fsp3) is 0.533. The number of hydrogen-bond donors (Lipinski definition) is 0. The van der Waals surface area contributed by atoms with Crippen molar-refractivity contribution in [3.8, 4) is 5.75 Å². The highest BCUT2D eigenvalue weighted by Gasteiger charge is 2.15. The number of benzene rings is 1. The normalized spacial score (nSPS) is 12.6. The molecule has 0 saturated heterocycles. The summed E-state index contributed by atoms with van der Waals surface area (Å²) in [6.45, 7) is 10.3. The Kier molecular flexibility index (Phi) is 4.73. The maximum Gasteiger partial charge on any atom is 0.126 e. The quantitative estimate of drug-likeness (QED) is 0.725.